The minimum atomic E-state index is -0.975. The molecule has 2 aromatic rings. The molecule has 1 aromatic heterocycles. The van der Waals surface area contributed by atoms with E-state index in [1.165, 1.54) is 11.3 Å². The number of hydrogen-bond donors (Lipinski definition) is 0. The topological polar surface area (TPSA) is 64.7 Å². The fourth-order valence-electron chi connectivity index (χ4n) is 1.91. The molecule has 2 rings (SSSR count). The molecule has 0 radical (unpaired) electrons. The lowest BCUT2D eigenvalue weighted by molar-refractivity contribution is 0.0954. The molecular weight excluding hydrogens is 256 g/mol. The summed E-state index contributed by atoms with van der Waals surface area (Å²) in [6, 6.07) is 16.3. The van der Waals surface area contributed by atoms with Crippen molar-refractivity contribution >= 4 is 17.1 Å². The van der Waals surface area contributed by atoms with E-state index in [4.69, 9.17) is 10.5 Å². The van der Waals surface area contributed by atoms with Crippen molar-refractivity contribution in [3.63, 3.8) is 0 Å². The molecule has 1 atom stereocenters. The van der Waals surface area contributed by atoms with Gasteiger partial charge in [-0.15, -0.1) is 11.3 Å². The van der Waals surface area contributed by atoms with E-state index in [2.05, 4.69) is 0 Å². The fraction of sp³-hybridized carbons (Fsp3) is 0.133. The van der Waals surface area contributed by atoms with Crippen molar-refractivity contribution in [3.05, 3.63) is 58.3 Å². The largest absolute Gasteiger partial charge is 0.292 e. The van der Waals surface area contributed by atoms with Crippen LogP contribution in [0.2, 0.25) is 0 Å². The molecule has 0 bridgehead atoms. The zero-order chi connectivity index (χ0) is 13.7. The van der Waals surface area contributed by atoms with Crippen LogP contribution in [-0.2, 0) is 0 Å². The van der Waals surface area contributed by atoms with Gasteiger partial charge in [-0.25, -0.2) is 0 Å². The van der Waals surface area contributed by atoms with Gasteiger partial charge in [-0.05, 0) is 17.0 Å². The average Bonchev–Trinajstić information content (AvgIpc) is 2.99. The number of carbonyl (C=O) groups excluding carboxylic acids is 1. The van der Waals surface area contributed by atoms with Gasteiger partial charge in [0.15, 0.2) is 5.78 Å². The minimum Gasteiger partial charge on any atom is -0.292 e. The summed E-state index contributed by atoms with van der Waals surface area (Å²) in [7, 11) is 0. The Bertz CT molecular complexity index is 621. The Morgan fingerprint density at radius 2 is 1.74 bits per heavy atom. The average molecular weight is 266 g/mol. The van der Waals surface area contributed by atoms with Gasteiger partial charge in [0.05, 0.1) is 22.9 Å². The van der Waals surface area contributed by atoms with Crippen molar-refractivity contribution in [3.8, 4) is 12.1 Å². The first-order chi connectivity index (χ1) is 9.27. The van der Waals surface area contributed by atoms with Gasteiger partial charge in [-0.2, -0.15) is 10.5 Å². The van der Waals surface area contributed by atoms with Crippen LogP contribution in [0.5, 0.6) is 0 Å². The molecule has 0 N–H and O–H groups in total. The molecule has 0 aliphatic heterocycles. The van der Waals surface area contributed by atoms with Gasteiger partial charge in [0.2, 0.25) is 0 Å². The SMILES string of the molecule is N#CC(C#N)C(C(=O)c1cccs1)c1ccccc1. The van der Waals surface area contributed by atoms with Crippen LogP contribution in [0, 0.1) is 28.6 Å². The van der Waals surface area contributed by atoms with E-state index in [9.17, 15) is 4.79 Å². The Morgan fingerprint density at radius 1 is 1.05 bits per heavy atom. The van der Waals surface area contributed by atoms with Crippen LogP contribution in [0.1, 0.15) is 21.2 Å². The van der Waals surface area contributed by atoms with E-state index in [0.717, 1.165) is 0 Å². The van der Waals surface area contributed by atoms with E-state index in [-0.39, 0.29) is 5.78 Å². The highest BCUT2D eigenvalue weighted by Crippen LogP contribution is 2.29. The summed E-state index contributed by atoms with van der Waals surface area (Å²) in [6.07, 6.45) is 0. The van der Waals surface area contributed by atoms with E-state index < -0.39 is 11.8 Å². The molecule has 0 saturated heterocycles. The summed E-state index contributed by atoms with van der Waals surface area (Å²) >= 11 is 1.32. The van der Waals surface area contributed by atoms with Crippen molar-refractivity contribution in [2.45, 2.75) is 5.92 Å². The molecule has 4 heteroatoms. The van der Waals surface area contributed by atoms with Crippen LogP contribution in [0.4, 0.5) is 0 Å². The van der Waals surface area contributed by atoms with Crippen LogP contribution >= 0.6 is 11.3 Å². The lowest BCUT2D eigenvalue weighted by Gasteiger charge is -2.15. The van der Waals surface area contributed by atoms with Crippen LogP contribution in [0.3, 0.4) is 0 Å². The monoisotopic (exact) mass is 266 g/mol. The van der Waals surface area contributed by atoms with Crippen LogP contribution in [0.15, 0.2) is 47.8 Å². The lowest BCUT2D eigenvalue weighted by Crippen LogP contribution is -2.19. The van der Waals surface area contributed by atoms with E-state index in [0.29, 0.717) is 10.4 Å². The molecule has 0 aliphatic carbocycles. The van der Waals surface area contributed by atoms with Crippen molar-refractivity contribution in [1.29, 1.82) is 10.5 Å². The van der Waals surface area contributed by atoms with Gasteiger partial charge in [0.1, 0.15) is 5.92 Å². The van der Waals surface area contributed by atoms with E-state index in [1.807, 2.05) is 23.6 Å². The van der Waals surface area contributed by atoms with Crippen LogP contribution in [0.25, 0.3) is 0 Å². The predicted molar refractivity (Wildman–Crippen MR) is 72.5 cm³/mol. The zero-order valence-electron chi connectivity index (χ0n) is 9.98. The molecule has 0 spiro atoms. The Labute approximate surface area is 115 Å². The van der Waals surface area contributed by atoms with Gasteiger partial charge in [0, 0.05) is 0 Å². The smallest absolute Gasteiger partial charge is 0.182 e. The van der Waals surface area contributed by atoms with Gasteiger partial charge < -0.3 is 0 Å². The highest BCUT2D eigenvalue weighted by atomic mass is 32.1. The highest BCUT2D eigenvalue weighted by molar-refractivity contribution is 7.12. The molecular formula is C15H10N2OS. The van der Waals surface area contributed by atoms with E-state index in [1.54, 1.807) is 36.4 Å². The standard InChI is InChI=1S/C15H10N2OS/c16-9-12(10-17)14(11-5-2-1-3-6-11)15(18)13-7-4-8-19-13/h1-8,12,14H. The number of thiophene rings is 1. The van der Waals surface area contributed by atoms with Gasteiger partial charge >= 0.3 is 0 Å². The second kappa shape index (κ2) is 5.95. The number of rotatable bonds is 4. The lowest BCUT2D eigenvalue weighted by atomic mass is 9.84. The number of nitrogens with zero attached hydrogens (tertiary/aromatic N) is 2. The molecule has 0 aliphatic rings. The van der Waals surface area contributed by atoms with Gasteiger partial charge in [0.25, 0.3) is 0 Å². The summed E-state index contributed by atoms with van der Waals surface area (Å²) in [4.78, 5) is 13.0. The summed E-state index contributed by atoms with van der Waals surface area (Å²) in [5.41, 5.74) is 0.703. The number of benzene rings is 1. The molecule has 19 heavy (non-hydrogen) atoms. The summed E-state index contributed by atoms with van der Waals surface area (Å²) in [5, 5.41) is 20.0. The Morgan fingerprint density at radius 3 is 2.26 bits per heavy atom. The van der Waals surface area contributed by atoms with Crippen molar-refractivity contribution in [1.82, 2.24) is 0 Å². The van der Waals surface area contributed by atoms with Crippen molar-refractivity contribution in [2.24, 2.45) is 5.92 Å². The number of nitriles is 2. The first-order valence-corrected chi connectivity index (χ1v) is 6.57. The molecule has 1 aromatic carbocycles. The quantitative estimate of drug-likeness (QED) is 0.797. The number of hydrogen-bond acceptors (Lipinski definition) is 4. The Kier molecular flexibility index (Phi) is 4.07. The maximum Gasteiger partial charge on any atom is 0.182 e. The molecule has 3 nitrogen and oxygen atoms in total. The number of carbonyl (C=O) groups is 1. The number of Topliss-reactive ketones (excluding diaryl/α,β-unsaturated/α-hetero) is 1. The maximum absolute atomic E-state index is 12.5. The highest BCUT2D eigenvalue weighted by Gasteiger charge is 2.31. The van der Waals surface area contributed by atoms with Crippen LogP contribution < -0.4 is 0 Å². The predicted octanol–water partition coefficient (Wildman–Crippen LogP) is 3.38. The van der Waals surface area contributed by atoms with Crippen LogP contribution in [-0.4, -0.2) is 5.78 Å². The van der Waals surface area contributed by atoms with Crippen molar-refractivity contribution < 1.29 is 4.79 Å². The molecule has 0 amide bonds. The normalized spacial score (nSPS) is 11.5. The molecule has 92 valence electrons. The maximum atomic E-state index is 12.5. The Balaban J connectivity index is 2.45. The molecule has 1 heterocycles. The number of ketones is 1. The first kappa shape index (κ1) is 13.0. The van der Waals surface area contributed by atoms with Gasteiger partial charge in [-0.1, -0.05) is 36.4 Å². The molecule has 0 fully saturated rings. The third kappa shape index (κ3) is 2.70. The molecule has 1 unspecified atom stereocenters. The second-order valence-corrected chi connectivity index (χ2v) is 4.91. The minimum absolute atomic E-state index is 0.172. The van der Waals surface area contributed by atoms with Gasteiger partial charge in [-0.3, -0.25) is 4.79 Å². The second-order valence-electron chi connectivity index (χ2n) is 3.97. The third-order valence-corrected chi connectivity index (χ3v) is 3.70. The third-order valence-electron chi connectivity index (χ3n) is 2.82. The zero-order valence-corrected chi connectivity index (χ0v) is 10.8. The summed E-state index contributed by atoms with van der Waals surface area (Å²) in [6.45, 7) is 0. The molecule has 0 saturated carbocycles. The summed E-state index contributed by atoms with van der Waals surface area (Å²) < 4.78 is 0. The Hall–Kier alpha value is -2.43. The fourth-order valence-corrected chi connectivity index (χ4v) is 2.61. The first-order valence-electron chi connectivity index (χ1n) is 5.70. The van der Waals surface area contributed by atoms with E-state index >= 15 is 0 Å². The van der Waals surface area contributed by atoms with Crippen molar-refractivity contribution in [2.75, 3.05) is 0 Å². The summed E-state index contributed by atoms with van der Waals surface area (Å²) in [5.74, 6) is -1.87.